The highest BCUT2D eigenvalue weighted by molar-refractivity contribution is 7.81. The summed E-state index contributed by atoms with van der Waals surface area (Å²) >= 11 is 4.27. The number of hydrogen-bond acceptors (Lipinski definition) is 4. The number of amides is 1. The normalized spacial score (nSPS) is 19.4. The van der Waals surface area contributed by atoms with Gasteiger partial charge in [-0.25, -0.2) is 0 Å². The van der Waals surface area contributed by atoms with Gasteiger partial charge in [-0.3, -0.25) is 14.9 Å². The number of carbonyl (C=O) groups is 1. The zero-order valence-electron chi connectivity index (χ0n) is 10.2. The van der Waals surface area contributed by atoms with Crippen molar-refractivity contribution in [3.63, 3.8) is 0 Å². The SMILES string of the molecule is Cc1cc(C)c(N2CC(S)CC2=O)c([N+](=O)[O-])c1. The minimum absolute atomic E-state index is 0.0108. The Morgan fingerprint density at radius 3 is 2.61 bits per heavy atom. The smallest absolute Gasteiger partial charge is 0.293 e. The Morgan fingerprint density at radius 1 is 1.44 bits per heavy atom. The Kier molecular flexibility index (Phi) is 3.30. The molecule has 0 saturated carbocycles. The molecule has 96 valence electrons. The van der Waals surface area contributed by atoms with Crippen molar-refractivity contribution in [3.8, 4) is 0 Å². The number of carbonyl (C=O) groups excluding carboxylic acids is 1. The Morgan fingerprint density at radius 2 is 2.11 bits per heavy atom. The molecule has 1 aliphatic rings. The molecule has 1 aromatic carbocycles. The van der Waals surface area contributed by atoms with Crippen molar-refractivity contribution in [2.45, 2.75) is 25.5 Å². The van der Waals surface area contributed by atoms with Gasteiger partial charge in [0.1, 0.15) is 5.69 Å². The van der Waals surface area contributed by atoms with Crippen LogP contribution in [0.25, 0.3) is 0 Å². The van der Waals surface area contributed by atoms with E-state index in [0.29, 0.717) is 18.7 Å². The minimum Gasteiger partial charge on any atom is -0.305 e. The highest BCUT2D eigenvalue weighted by Gasteiger charge is 2.33. The van der Waals surface area contributed by atoms with Crippen molar-refractivity contribution in [1.82, 2.24) is 0 Å². The van der Waals surface area contributed by atoms with E-state index in [1.54, 1.807) is 13.8 Å². The van der Waals surface area contributed by atoms with E-state index in [2.05, 4.69) is 12.6 Å². The van der Waals surface area contributed by atoms with E-state index in [0.717, 1.165) is 11.1 Å². The number of benzene rings is 1. The van der Waals surface area contributed by atoms with Gasteiger partial charge in [-0.1, -0.05) is 6.07 Å². The second-order valence-electron chi connectivity index (χ2n) is 4.57. The highest BCUT2D eigenvalue weighted by Crippen LogP contribution is 2.36. The van der Waals surface area contributed by atoms with Crippen molar-refractivity contribution in [3.05, 3.63) is 33.4 Å². The molecular formula is C12H14N2O3S. The van der Waals surface area contributed by atoms with Gasteiger partial charge < -0.3 is 4.90 Å². The highest BCUT2D eigenvalue weighted by atomic mass is 32.1. The summed E-state index contributed by atoms with van der Waals surface area (Å²) < 4.78 is 0. The molecule has 2 rings (SSSR count). The van der Waals surface area contributed by atoms with Gasteiger partial charge in [-0.15, -0.1) is 0 Å². The summed E-state index contributed by atoms with van der Waals surface area (Å²) in [5.41, 5.74) is 1.96. The lowest BCUT2D eigenvalue weighted by Gasteiger charge is -2.19. The fourth-order valence-electron chi connectivity index (χ4n) is 2.33. The van der Waals surface area contributed by atoms with Crippen molar-refractivity contribution < 1.29 is 9.72 Å². The number of aryl methyl sites for hydroxylation is 2. The maximum atomic E-state index is 11.9. The molecule has 6 heteroatoms. The van der Waals surface area contributed by atoms with Crippen LogP contribution in [0.3, 0.4) is 0 Å². The molecule has 0 aliphatic carbocycles. The van der Waals surface area contributed by atoms with E-state index in [1.807, 2.05) is 6.07 Å². The first-order chi connectivity index (χ1) is 8.40. The zero-order valence-corrected chi connectivity index (χ0v) is 11.1. The molecule has 1 heterocycles. The fraction of sp³-hybridized carbons (Fsp3) is 0.417. The second kappa shape index (κ2) is 4.61. The van der Waals surface area contributed by atoms with Gasteiger partial charge in [-0.2, -0.15) is 12.6 Å². The lowest BCUT2D eigenvalue weighted by Crippen LogP contribution is -2.26. The topological polar surface area (TPSA) is 63.5 Å². The van der Waals surface area contributed by atoms with Crippen LogP contribution in [0.4, 0.5) is 11.4 Å². The molecule has 0 N–H and O–H groups in total. The van der Waals surface area contributed by atoms with Gasteiger partial charge in [0.2, 0.25) is 5.91 Å². The van der Waals surface area contributed by atoms with E-state index < -0.39 is 4.92 Å². The van der Waals surface area contributed by atoms with Crippen molar-refractivity contribution in [2.75, 3.05) is 11.4 Å². The monoisotopic (exact) mass is 266 g/mol. The summed E-state index contributed by atoms with van der Waals surface area (Å²) in [5.74, 6) is -0.106. The zero-order chi connectivity index (χ0) is 13.4. The lowest BCUT2D eigenvalue weighted by molar-refractivity contribution is -0.384. The molecule has 1 unspecified atom stereocenters. The Hall–Kier alpha value is -1.56. The predicted octanol–water partition coefficient (Wildman–Crippen LogP) is 2.25. The standard InChI is InChI=1S/C12H14N2O3S/c1-7-3-8(2)12(10(4-7)14(16)17)13-6-9(18)5-11(13)15/h3-4,9,18H,5-6H2,1-2H3. The predicted molar refractivity (Wildman–Crippen MR) is 72.3 cm³/mol. The molecule has 0 radical (unpaired) electrons. The van der Waals surface area contributed by atoms with Gasteiger partial charge in [0, 0.05) is 24.3 Å². The first kappa shape index (κ1) is 12.9. The molecule has 0 bridgehead atoms. The van der Waals surface area contributed by atoms with Crippen LogP contribution in [0.5, 0.6) is 0 Å². The summed E-state index contributed by atoms with van der Waals surface area (Å²) in [6.45, 7) is 4.01. The van der Waals surface area contributed by atoms with Crippen LogP contribution < -0.4 is 4.90 Å². The van der Waals surface area contributed by atoms with Crippen molar-refractivity contribution in [2.24, 2.45) is 0 Å². The first-order valence-electron chi connectivity index (χ1n) is 5.64. The van der Waals surface area contributed by atoms with E-state index in [1.165, 1.54) is 11.0 Å². The minimum atomic E-state index is -0.436. The molecule has 1 aliphatic heterocycles. The first-order valence-corrected chi connectivity index (χ1v) is 6.16. The molecule has 1 amide bonds. The summed E-state index contributed by atoms with van der Waals surface area (Å²) in [5, 5.41) is 11.1. The molecule has 0 spiro atoms. The van der Waals surface area contributed by atoms with Crippen LogP contribution >= 0.6 is 12.6 Å². The Labute approximate surface area is 110 Å². The van der Waals surface area contributed by atoms with Crippen LogP contribution in [0.15, 0.2) is 12.1 Å². The van der Waals surface area contributed by atoms with Crippen LogP contribution in [0.2, 0.25) is 0 Å². The van der Waals surface area contributed by atoms with Crippen LogP contribution in [0, 0.1) is 24.0 Å². The van der Waals surface area contributed by atoms with Crippen molar-refractivity contribution in [1.29, 1.82) is 0 Å². The van der Waals surface area contributed by atoms with Crippen LogP contribution in [0.1, 0.15) is 17.5 Å². The Balaban J connectivity index is 2.56. The van der Waals surface area contributed by atoms with E-state index in [4.69, 9.17) is 0 Å². The molecule has 5 nitrogen and oxygen atoms in total. The van der Waals surface area contributed by atoms with Crippen LogP contribution in [-0.4, -0.2) is 22.6 Å². The van der Waals surface area contributed by atoms with Gasteiger partial charge in [0.25, 0.3) is 5.69 Å². The summed E-state index contributed by atoms with van der Waals surface area (Å²) in [4.78, 5) is 24.0. The van der Waals surface area contributed by atoms with E-state index in [9.17, 15) is 14.9 Å². The summed E-state index contributed by atoms with van der Waals surface area (Å²) in [6.07, 6.45) is 0.327. The van der Waals surface area contributed by atoms with Gasteiger partial charge >= 0.3 is 0 Å². The second-order valence-corrected chi connectivity index (χ2v) is 5.30. The third kappa shape index (κ3) is 2.20. The Bertz CT molecular complexity index is 530. The van der Waals surface area contributed by atoms with Crippen molar-refractivity contribution >= 4 is 29.9 Å². The molecular weight excluding hydrogens is 252 g/mol. The fourth-order valence-corrected chi connectivity index (χ4v) is 2.65. The number of nitro groups is 1. The van der Waals surface area contributed by atoms with E-state index in [-0.39, 0.29) is 16.8 Å². The molecule has 1 fully saturated rings. The number of nitro benzene ring substituents is 1. The third-order valence-electron chi connectivity index (χ3n) is 3.00. The summed E-state index contributed by atoms with van der Waals surface area (Å²) in [7, 11) is 0. The van der Waals surface area contributed by atoms with Gasteiger partial charge in [-0.05, 0) is 25.0 Å². The van der Waals surface area contributed by atoms with E-state index >= 15 is 0 Å². The maximum absolute atomic E-state index is 11.9. The average Bonchev–Trinajstić information content (AvgIpc) is 2.56. The third-order valence-corrected chi connectivity index (χ3v) is 3.34. The molecule has 18 heavy (non-hydrogen) atoms. The number of nitrogens with zero attached hydrogens (tertiary/aromatic N) is 2. The average molecular weight is 266 g/mol. The van der Waals surface area contributed by atoms with Gasteiger partial charge in [0.15, 0.2) is 0 Å². The molecule has 0 aromatic heterocycles. The maximum Gasteiger partial charge on any atom is 0.293 e. The van der Waals surface area contributed by atoms with Crippen LogP contribution in [-0.2, 0) is 4.79 Å². The lowest BCUT2D eigenvalue weighted by atomic mass is 10.1. The largest absolute Gasteiger partial charge is 0.305 e. The molecule has 1 atom stereocenters. The number of rotatable bonds is 2. The van der Waals surface area contributed by atoms with Gasteiger partial charge in [0.05, 0.1) is 4.92 Å². The quantitative estimate of drug-likeness (QED) is 0.507. The number of thiol groups is 1. The number of anilines is 1. The molecule has 1 saturated heterocycles. The summed E-state index contributed by atoms with van der Waals surface area (Å²) in [6, 6.07) is 3.35. The molecule has 1 aromatic rings. The number of hydrogen-bond donors (Lipinski definition) is 1.